The predicted molar refractivity (Wildman–Crippen MR) is 98.6 cm³/mol. The number of nitrogens with zero attached hydrogens (tertiary/aromatic N) is 2. The zero-order valence-corrected chi connectivity index (χ0v) is 16.7. The van der Waals surface area contributed by atoms with E-state index in [-0.39, 0.29) is 0 Å². The van der Waals surface area contributed by atoms with E-state index in [4.69, 9.17) is 9.40 Å². The van der Waals surface area contributed by atoms with Gasteiger partial charge in [-0.1, -0.05) is 6.92 Å². The zero-order chi connectivity index (χ0) is 15.0. The van der Waals surface area contributed by atoms with Crippen molar-refractivity contribution >= 4 is 60.3 Å². The fourth-order valence-electron chi connectivity index (χ4n) is 2.02. The third-order valence-corrected chi connectivity index (χ3v) is 6.02. The molecule has 2 aromatic heterocycles. The highest BCUT2D eigenvalue weighted by Gasteiger charge is 2.30. The molecular weight excluding hydrogens is 513 g/mol. The summed E-state index contributed by atoms with van der Waals surface area (Å²) in [6, 6.07) is 1.90. The fourth-order valence-corrected chi connectivity index (χ4v) is 3.47. The van der Waals surface area contributed by atoms with Gasteiger partial charge in [-0.15, -0.1) is 0 Å². The van der Waals surface area contributed by atoms with Crippen molar-refractivity contribution in [2.75, 3.05) is 11.9 Å². The Bertz CT molecular complexity index is 651. The molecule has 4 nitrogen and oxygen atoms in total. The van der Waals surface area contributed by atoms with Gasteiger partial charge in [0.05, 0.1) is 13.7 Å². The molecule has 1 N–H and O–H groups in total. The molecule has 0 aliphatic heterocycles. The summed E-state index contributed by atoms with van der Waals surface area (Å²) in [5.74, 6) is 2.80. The Morgan fingerprint density at radius 1 is 1.38 bits per heavy atom. The first-order chi connectivity index (χ1) is 10.1. The van der Waals surface area contributed by atoms with Crippen LogP contribution in [0.2, 0.25) is 0 Å². The number of hydrogen-bond donors (Lipinski definition) is 1. The standard InChI is InChI=1S/C14H14Br2IN3O/c1-2-5-18-14-10(17)11(7-3-4-7)19-13(20-14)9-6-8(15)12(16)21-9/h6-7H,2-5H2,1H3,(H,18,19,20). The van der Waals surface area contributed by atoms with Crippen molar-refractivity contribution in [2.24, 2.45) is 0 Å². The van der Waals surface area contributed by atoms with E-state index in [2.05, 4.69) is 71.7 Å². The minimum Gasteiger partial charge on any atom is -0.445 e. The van der Waals surface area contributed by atoms with Crippen LogP contribution < -0.4 is 5.32 Å². The molecule has 1 aliphatic rings. The fraction of sp³-hybridized carbons (Fsp3) is 0.429. The van der Waals surface area contributed by atoms with Crippen LogP contribution in [0.3, 0.4) is 0 Å². The van der Waals surface area contributed by atoms with Gasteiger partial charge >= 0.3 is 0 Å². The molecule has 0 aromatic carbocycles. The number of rotatable bonds is 5. The quantitative estimate of drug-likeness (QED) is 0.518. The molecular formula is C14H14Br2IN3O. The van der Waals surface area contributed by atoms with E-state index in [1.54, 1.807) is 0 Å². The van der Waals surface area contributed by atoms with Crippen LogP contribution >= 0.6 is 54.5 Å². The number of hydrogen-bond acceptors (Lipinski definition) is 4. The van der Waals surface area contributed by atoms with E-state index in [0.29, 0.717) is 22.2 Å². The van der Waals surface area contributed by atoms with Crippen molar-refractivity contribution in [1.82, 2.24) is 9.97 Å². The molecule has 2 heterocycles. The summed E-state index contributed by atoms with van der Waals surface area (Å²) in [5, 5.41) is 3.39. The molecule has 1 fully saturated rings. The van der Waals surface area contributed by atoms with Crippen LogP contribution in [0.25, 0.3) is 11.6 Å². The summed E-state index contributed by atoms with van der Waals surface area (Å²) in [6.07, 6.45) is 3.49. The van der Waals surface area contributed by atoms with E-state index < -0.39 is 0 Å². The molecule has 0 saturated heterocycles. The van der Waals surface area contributed by atoms with E-state index in [1.807, 2.05) is 6.07 Å². The van der Waals surface area contributed by atoms with Crippen molar-refractivity contribution in [2.45, 2.75) is 32.1 Å². The summed E-state index contributed by atoms with van der Waals surface area (Å²) in [6.45, 7) is 3.05. The maximum absolute atomic E-state index is 5.67. The largest absolute Gasteiger partial charge is 0.445 e. The Balaban J connectivity index is 2.05. The molecule has 0 atom stereocenters. The van der Waals surface area contributed by atoms with E-state index in [9.17, 15) is 0 Å². The van der Waals surface area contributed by atoms with Crippen molar-refractivity contribution in [1.29, 1.82) is 0 Å². The molecule has 3 rings (SSSR count). The van der Waals surface area contributed by atoms with Crippen LogP contribution in [-0.4, -0.2) is 16.5 Å². The lowest BCUT2D eigenvalue weighted by atomic mass is 10.2. The third kappa shape index (κ3) is 3.44. The first-order valence-electron chi connectivity index (χ1n) is 6.86. The molecule has 0 spiro atoms. The summed E-state index contributed by atoms with van der Waals surface area (Å²) in [5.41, 5.74) is 1.14. The van der Waals surface area contributed by atoms with E-state index in [0.717, 1.165) is 32.5 Å². The molecule has 1 saturated carbocycles. The average molecular weight is 527 g/mol. The zero-order valence-electron chi connectivity index (χ0n) is 11.4. The topological polar surface area (TPSA) is 51.0 Å². The lowest BCUT2D eigenvalue weighted by molar-refractivity contribution is 0.549. The van der Waals surface area contributed by atoms with Gasteiger partial charge in [0.1, 0.15) is 5.82 Å². The molecule has 0 radical (unpaired) electrons. The third-order valence-electron chi connectivity index (χ3n) is 3.25. The second kappa shape index (κ2) is 6.54. The maximum atomic E-state index is 5.67. The van der Waals surface area contributed by atoms with E-state index >= 15 is 0 Å². The number of furan rings is 1. The lowest BCUT2D eigenvalue weighted by Crippen LogP contribution is -2.08. The van der Waals surface area contributed by atoms with Crippen LogP contribution in [0, 0.1) is 3.57 Å². The van der Waals surface area contributed by atoms with Gasteiger partial charge in [0.2, 0.25) is 0 Å². The number of aromatic nitrogens is 2. The van der Waals surface area contributed by atoms with Crippen molar-refractivity contribution in [3.63, 3.8) is 0 Å². The first kappa shape index (κ1) is 15.7. The molecule has 21 heavy (non-hydrogen) atoms. The molecule has 7 heteroatoms. The molecule has 0 bridgehead atoms. The van der Waals surface area contributed by atoms with Crippen LogP contribution in [0.15, 0.2) is 19.6 Å². The van der Waals surface area contributed by atoms with Gasteiger partial charge in [0.15, 0.2) is 16.3 Å². The van der Waals surface area contributed by atoms with Crippen LogP contribution in [-0.2, 0) is 0 Å². The van der Waals surface area contributed by atoms with Gasteiger partial charge < -0.3 is 9.73 Å². The summed E-state index contributed by atoms with van der Waals surface area (Å²) >= 11 is 9.14. The average Bonchev–Trinajstić information content (AvgIpc) is 3.24. The maximum Gasteiger partial charge on any atom is 0.198 e. The molecule has 0 amide bonds. The van der Waals surface area contributed by atoms with Crippen molar-refractivity contribution < 1.29 is 4.42 Å². The predicted octanol–water partition coefficient (Wildman–Crippen LogP) is 5.57. The monoisotopic (exact) mass is 525 g/mol. The Labute approximate surface area is 153 Å². The van der Waals surface area contributed by atoms with E-state index in [1.165, 1.54) is 12.8 Å². The van der Waals surface area contributed by atoms with Gasteiger partial charge in [0, 0.05) is 18.5 Å². The van der Waals surface area contributed by atoms with Gasteiger partial charge in [-0.2, -0.15) is 0 Å². The van der Waals surface area contributed by atoms with Gasteiger partial charge in [-0.05, 0) is 73.7 Å². The minimum absolute atomic E-state index is 0.572. The molecule has 112 valence electrons. The van der Waals surface area contributed by atoms with Gasteiger partial charge in [-0.3, -0.25) is 0 Å². The highest BCUT2D eigenvalue weighted by molar-refractivity contribution is 14.1. The highest BCUT2D eigenvalue weighted by atomic mass is 127. The van der Waals surface area contributed by atoms with Crippen molar-refractivity contribution in [3.8, 4) is 11.6 Å². The second-order valence-corrected chi connectivity index (χ2v) is 7.68. The Morgan fingerprint density at radius 2 is 2.14 bits per heavy atom. The summed E-state index contributed by atoms with van der Waals surface area (Å²) < 4.78 is 8.34. The number of halogens is 3. The Kier molecular flexibility index (Phi) is 4.90. The van der Waals surface area contributed by atoms with Crippen LogP contribution in [0.5, 0.6) is 0 Å². The smallest absolute Gasteiger partial charge is 0.198 e. The van der Waals surface area contributed by atoms with Crippen LogP contribution in [0.4, 0.5) is 5.82 Å². The normalized spacial score (nSPS) is 14.5. The minimum atomic E-state index is 0.572. The van der Waals surface area contributed by atoms with Gasteiger partial charge in [-0.25, -0.2) is 9.97 Å². The lowest BCUT2D eigenvalue weighted by Gasteiger charge is -2.11. The molecule has 1 aliphatic carbocycles. The second-order valence-electron chi connectivity index (χ2n) is 5.03. The summed E-state index contributed by atoms with van der Waals surface area (Å²) in [4.78, 5) is 9.37. The Hall–Kier alpha value is -0.150. The number of anilines is 1. The SMILES string of the molecule is CCCNc1nc(-c2cc(Br)c(Br)o2)nc(C2CC2)c1I. The van der Waals surface area contributed by atoms with Gasteiger partial charge in [0.25, 0.3) is 0 Å². The number of nitrogens with one attached hydrogen (secondary N) is 1. The molecule has 0 unspecified atom stereocenters. The first-order valence-corrected chi connectivity index (χ1v) is 9.53. The van der Waals surface area contributed by atoms with Crippen molar-refractivity contribution in [3.05, 3.63) is 24.5 Å². The summed E-state index contributed by atoms with van der Waals surface area (Å²) in [7, 11) is 0. The van der Waals surface area contributed by atoms with Crippen LogP contribution in [0.1, 0.15) is 37.8 Å². The molecule has 2 aromatic rings. The highest BCUT2D eigenvalue weighted by Crippen LogP contribution is 2.43. The Morgan fingerprint density at radius 3 is 2.71 bits per heavy atom.